The Balaban J connectivity index is 2.94. The molecule has 1 saturated heterocycles. The van der Waals surface area contributed by atoms with Gasteiger partial charge >= 0.3 is 8.56 Å². The van der Waals surface area contributed by atoms with Crippen LogP contribution in [0.2, 0.25) is 6.04 Å². The fourth-order valence-electron chi connectivity index (χ4n) is 2.81. The van der Waals surface area contributed by atoms with Gasteiger partial charge in [0.15, 0.2) is 0 Å². The zero-order valence-electron chi connectivity index (χ0n) is 10.5. The third-order valence-electron chi connectivity index (χ3n) is 3.75. The van der Waals surface area contributed by atoms with Gasteiger partial charge in [0.05, 0.1) is 0 Å². The number of thiocarbonyl (C=S) groups is 1. The minimum atomic E-state index is -2.24. The second-order valence-corrected chi connectivity index (χ2v) is 8.34. The standard InChI is InChI=1S/C11H22O3SSi/c1-12-11(8-6-9-15)7-4-5-10-16(11,13-2)14-3/h9H,4-8,10H2,1-3H3. The first kappa shape index (κ1) is 14.2. The van der Waals surface area contributed by atoms with E-state index in [1.54, 1.807) is 26.7 Å². The number of hydrogen-bond acceptors (Lipinski definition) is 4. The maximum atomic E-state index is 5.82. The van der Waals surface area contributed by atoms with E-state index in [-0.39, 0.29) is 5.22 Å². The summed E-state index contributed by atoms with van der Waals surface area (Å²) in [6, 6.07) is 1.02. The lowest BCUT2D eigenvalue weighted by molar-refractivity contribution is -0.0129. The van der Waals surface area contributed by atoms with Gasteiger partial charge in [-0.15, -0.1) is 0 Å². The predicted octanol–water partition coefficient (Wildman–Crippen LogP) is 2.61. The summed E-state index contributed by atoms with van der Waals surface area (Å²) < 4.78 is 17.4. The Hall–Kier alpha value is 0.187. The molecular formula is C11H22O3SSi. The first-order chi connectivity index (χ1) is 7.70. The maximum absolute atomic E-state index is 5.82. The second-order valence-electron chi connectivity index (χ2n) is 4.27. The zero-order chi connectivity index (χ0) is 12.1. The van der Waals surface area contributed by atoms with Gasteiger partial charge in [0.1, 0.15) is 5.22 Å². The molecule has 1 atom stereocenters. The van der Waals surface area contributed by atoms with Gasteiger partial charge in [-0.3, -0.25) is 0 Å². The SMILES string of the molecule is COC1(CCC=S)CCCC[Si]1(OC)OC. The lowest BCUT2D eigenvalue weighted by Gasteiger charge is -2.47. The second kappa shape index (κ2) is 6.21. The Labute approximate surface area is 105 Å². The number of rotatable bonds is 6. The molecule has 0 aliphatic carbocycles. The van der Waals surface area contributed by atoms with Crippen LogP contribution in [0.1, 0.15) is 32.1 Å². The highest BCUT2D eigenvalue weighted by Crippen LogP contribution is 2.42. The summed E-state index contributed by atoms with van der Waals surface area (Å²) in [5.41, 5.74) is 0. The van der Waals surface area contributed by atoms with Crippen molar-refractivity contribution in [3.8, 4) is 0 Å². The monoisotopic (exact) mass is 262 g/mol. The molecule has 0 N–H and O–H groups in total. The summed E-state index contributed by atoms with van der Waals surface area (Å²) in [7, 11) is 3.05. The molecular weight excluding hydrogens is 240 g/mol. The van der Waals surface area contributed by atoms with Crippen molar-refractivity contribution in [3.05, 3.63) is 0 Å². The predicted molar refractivity (Wildman–Crippen MR) is 71.1 cm³/mol. The summed E-state index contributed by atoms with van der Waals surface area (Å²) in [5, 5.41) is 1.56. The molecule has 94 valence electrons. The van der Waals surface area contributed by atoms with Crippen molar-refractivity contribution in [3.63, 3.8) is 0 Å². The van der Waals surface area contributed by atoms with E-state index >= 15 is 0 Å². The Kier molecular flexibility index (Phi) is 5.53. The van der Waals surface area contributed by atoms with Gasteiger partial charge in [0.25, 0.3) is 0 Å². The molecule has 0 aromatic rings. The van der Waals surface area contributed by atoms with Crippen LogP contribution in [-0.4, -0.2) is 40.5 Å². The van der Waals surface area contributed by atoms with Crippen LogP contribution in [0.25, 0.3) is 0 Å². The molecule has 16 heavy (non-hydrogen) atoms. The van der Waals surface area contributed by atoms with Crippen molar-refractivity contribution >= 4 is 26.1 Å². The van der Waals surface area contributed by atoms with Crippen LogP contribution >= 0.6 is 12.2 Å². The normalized spacial score (nSPS) is 28.9. The number of ether oxygens (including phenoxy) is 1. The van der Waals surface area contributed by atoms with Crippen LogP contribution in [0.15, 0.2) is 0 Å². The molecule has 1 heterocycles. The highest BCUT2D eigenvalue weighted by molar-refractivity contribution is 7.78. The molecule has 0 spiro atoms. The molecule has 1 unspecified atom stereocenters. The molecule has 0 radical (unpaired) electrons. The highest BCUT2D eigenvalue weighted by atomic mass is 32.1. The first-order valence-corrected chi connectivity index (χ1v) is 8.29. The third-order valence-corrected chi connectivity index (χ3v) is 8.41. The summed E-state index contributed by atoms with van der Waals surface area (Å²) in [6.45, 7) is 0. The molecule has 0 aromatic carbocycles. The Morgan fingerprint density at radius 1 is 1.25 bits per heavy atom. The average molecular weight is 262 g/mol. The Bertz CT molecular complexity index is 233. The quantitative estimate of drug-likeness (QED) is 0.543. The van der Waals surface area contributed by atoms with E-state index in [0.717, 1.165) is 25.3 Å². The minimum absolute atomic E-state index is 0.218. The molecule has 0 bridgehead atoms. The zero-order valence-corrected chi connectivity index (χ0v) is 12.3. The van der Waals surface area contributed by atoms with Crippen molar-refractivity contribution in [2.75, 3.05) is 21.3 Å². The van der Waals surface area contributed by atoms with E-state index in [4.69, 9.17) is 25.8 Å². The minimum Gasteiger partial charge on any atom is -0.396 e. The topological polar surface area (TPSA) is 27.7 Å². The number of hydrogen-bond donors (Lipinski definition) is 0. The van der Waals surface area contributed by atoms with Crippen LogP contribution in [0, 0.1) is 0 Å². The molecule has 1 aliphatic heterocycles. The third kappa shape index (κ3) is 2.38. The summed E-state index contributed by atoms with van der Waals surface area (Å²) >= 11 is 4.92. The van der Waals surface area contributed by atoms with Crippen molar-refractivity contribution in [1.29, 1.82) is 0 Å². The Morgan fingerprint density at radius 3 is 2.44 bits per heavy atom. The fraction of sp³-hybridized carbons (Fsp3) is 0.909. The maximum Gasteiger partial charge on any atom is 0.370 e. The van der Waals surface area contributed by atoms with Crippen LogP contribution < -0.4 is 0 Å². The van der Waals surface area contributed by atoms with Gasteiger partial charge in [-0.1, -0.05) is 25.1 Å². The van der Waals surface area contributed by atoms with Gasteiger partial charge in [0.2, 0.25) is 0 Å². The van der Waals surface area contributed by atoms with Crippen LogP contribution in [-0.2, 0) is 13.6 Å². The van der Waals surface area contributed by atoms with Gasteiger partial charge in [0, 0.05) is 21.3 Å². The van der Waals surface area contributed by atoms with E-state index in [2.05, 4.69) is 0 Å². The van der Waals surface area contributed by atoms with Gasteiger partial charge in [-0.25, -0.2) is 0 Å². The summed E-state index contributed by atoms with van der Waals surface area (Å²) in [6.07, 6.45) is 5.19. The number of methoxy groups -OCH3 is 1. The molecule has 1 rings (SSSR count). The van der Waals surface area contributed by atoms with Gasteiger partial charge in [-0.2, -0.15) is 0 Å². The largest absolute Gasteiger partial charge is 0.396 e. The molecule has 0 amide bonds. The summed E-state index contributed by atoms with van der Waals surface area (Å²) in [5.74, 6) is 0. The lowest BCUT2D eigenvalue weighted by Crippen LogP contribution is -2.64. The van der Waals surface area contributed by atoms with E-state index in [0.29, 0.717) is 0 Å². The van der Waals surface area contributed by atoms with E-state index < -0.39 is 8.56 Å². The van der Waals surface area contributed by atoms with E-state index in [1.807, 2.05) is 0 Å². The van der Waals surface area contributed by atoms with Crippen LogP contribution in [0.5, 0.6) is 0 Å². The Morgan fingerprint density at radius 2 is 1.94 bits per heavy atom. The van der Waals surface area contributed by atoms with E-state index in [1.165, 1.54) is 12.8 Å². The van der Waals surface area contributed by atoms with Crippen molar-refractivity contribution < 1.29 is 13.6 Å². The van der Waals surface area contributed by atoms with Crippen molar-refractivity contribution in [2.24, 2.45) is 0 Å². The highest BCUT2D eigenvalue weighted by Gasteiger charge is 2.58. The molecule has 1 fully saturated rings. The molecule has 3 nitrogen and oxygen atoms in total. The molecule has 5 heteroatoms. The average Bonchev–Trinajstić information content (AvgIpc) is 2.36. The first-order valence-electron chi connectivity index (χ1n) is 5.79. The lowest BCUT2D eigenvalue weighted by atomic mass is 10.1. The van der Waals surface area contributed by atoms with Crippen molar-refractivity contribution in [2.45, 2.75) is 43.4 Å². The molecule has 0 saturated carbocycles. The van der Waals surface area contributed by atoms with Crippen LogP contribution in [0.4, 0.5) is 0 Å². The summed E-state index contributed by atoms with van der Waals surface area (Å²) in [4.78, 5) is 0. The molecule has 1 aliphatic rings. The molecule has 0 aromatic heterocycles. The fourth-order valence-corrected chi connectivity index (χ4v) is 6.81. The van der Waals surface area contributed by atoms with Crippen molar-refractivity contribution in [1.82, 2.24) is 0 Å². The van der Waals surface area contributed by atoms with Gasteiger partial charge in [-0.05, 0) is 30.7 Å². The van der Waals surface area contributed by atoms with E-state index in [9.17, 15) is 0 Å². The smallest absolute Gasteiger partial charge is 0.370 e. The van der Waals surface area contributed by atoms with Gasteiger partial charge < -0.3 is 13.6 Å². The van der Waals surface area contributed by atoms with Crippen LogP contribution in [0.3, 0.4) is 0 Å².